The number of nitrogens with one attached hydrogen (secondary N) is 1. The summed E-state index contributed by atoms with van der Waals surface area (Å²) in [6.07, 6.45) is 42.1. The first kappa shape index (κ1) is 38.4. The number of rotatable bonds is 29. The number of aliphatic hydroxyl groups is 2. The highest BCUT2D eigenvalue weighted by atomic mass is 16.3. The molecule has 2 unspecified atom stereocenters. The predicted molar refractivity (Wildman–Crippen MR) is 175 cm³/mol. The van der Waals surface area contributed by atoms with E-state index in [0.717, 1.165) is 44.9 Å². The predicted octanol–water partition coefficient (Wildman–Crippen LogP) is 9.67. The Morgan fingerprint density at radius 3 is 1.68 bits per heavy atom. The maximum absolute atomic E-state index is 12.2. The number of allylic oxidation sites excluding steroid dienone is 7. The SMILES string of the molecule is CCC/C=C/CC/C=C/C(O)C(CO)NC(=O)CCCCCCCCCCC/C=C\C/C=C\CCCCCCC. The van der Waals surface area contributed by atoms with E-state index in [1.807, 2.05) is 6.08 Å². The first-order valence-corrected chi connectivity index (χ1v) is 16.9. The topological polar surface area (TPSA) is 69.6 Å². The van der Waals surface area contributed by atoms with Gasteiger partial charge >= 0.3 is 0 Å². The van der Waals surface area contributed by atoms with Gasteiger partial charge < -0.3 is 15.5 Å². The normalized spacial score (nSPS) is 13.8. The quantitative estimate of drug-likeness (QED) is 0.0631. The van der Waals surface area contributed by atoms with Gasteiger partial charge in [0, 0.05) is 6.42 Å². The summed E-state index contributed by atoms with van der Waals surface area (Å²) < 4.78 is 0. The van der Waals surface area contributed by atoms with Crippen LogP contribution in [0.4, 0.5) is 0 Å². The highest BCUT2D eigenvalue weighted by molar-refractivity contribution is 5.76. The van der Waals surface area contributed by atoms with Gasteiger partial charge in [0.15, 0.2) is 0 Å². The molecule has 0 aliphatic rings. The minimum atomic E-state index is -0.860. The summed E-state index contributed by atoms with van der Waals surface area (Å²) in [4.78, 5) is 12.2. The zero-order valence-corrected chi connectivity index (χ0v) is 26.3. The van der Waals surface area contributed by atoms with Gasteiger partial charge in [-0.3, -0.25) is 4.79 Å². The fraction of sp³-hybridized carbons (Fsp3) is 0.750. The van der Waals surface area contributed by atoms with E-state index in [4.69, 9.17) is 0 Å². The van der Waals surface area contributed by atoms with Crippen molar-refractivity contribution in [1.29, 1.82) is 0 Å². The van der Waals surface area contributed by atoms with Gasteiger partial charge in [0.25, 0.3) is 0 Å². The molecule has 2 atom stereocenters. The van der Waals surface area contributed by atoms with Crippen molar-refractivity contribution in [2.75, 3.05) is 6.61 Å². The number of carbonyl (C=O) groups is 1. The highest BCUT2D eigenvalue weighted by Gasteiger charge is 2.17. The molecule has 1 amide bonds. The van der Waals surface area contributed by atoms with Crippen LogP contribution in [0.25, 0.3) is 0 Å². The molecule has 0 aromatic rings. The third-order valence-corrected chi connectivity index (χ3v) is 7.27. The Kier molecular flexibility index (Phi) is 30.6. The molecule has 0 heterocycles. The summed E-state index contributed by atoms with van der Waals surface area (Å²) in [5.41, 5.74) is 0. The fourth-order valence-electron chi connectivity index (χ4n) is 4.64. The minimum Gasteiger partial charge on any atom is -0.394 e. The Labute approximate surface area is 248 Å². The van der Waals surface area contributed by atoms with E-state index in [2.05, 4.69) is 55.6 Å². The van der Waals surface area contributed by atoms with Crippen molar-refractivity contribution >= 4 is 5.91 Å². The van der Waals surface area contributed by atoms with Crippen LogP contribution in [-0.4, -0.2) is 34.9 Å². The van der Waals surface area contributed by atoms with Crippen LogP contribution in [-0.2, 0) is 4.79 Å². The van der Waals surface area contributed by atoms with Crippen molar-refractivity contribution in [3.05, 3.63) is 48.6 Å². The van der Waals surface area contributed by atoms with Crippen LogP contribution in [0.3, 0.4) is 0 Å². The van der Waals surface area contributed by atoms with Crippen LogP contribution < -0.4 is 5.32 Å². The first-order valence-electron chi connectivity index (χ1n) is 16.9. The number of amides is 1. The summed E-state index contributed by atoms with van der Waals surface area (Å²) >= 11 is 0. The standard InChI is InChI=1S/C36H65NO3/c1-3-5-7-9-11-12-13-14-15-16-17-18-19-20-21-22-23-24-26-28-30-32-36(40)37-34(33-38)35(39)31-29-27-25-10-8-6-4-2/h8,10,13-14,16-17,29,31,34-35,38-39H,3-7,9,11-12,15,18-28,30,32-33H2,1-2H3,(H,37,40)/b10-8+,14-13-,17-16-,31-29+. The number of hydrogen-bond acceptors (Lipinski definition) is 3. The van der Waals surface area contributed by atoms with Gasteiger partial charge in [-0.1, -0.05) is 140 Å². The van der Waals surface area contributed by atoms with Crippen molar-refractivity contribution in [3.8, 4) is 0 Å². The van der Waals surface area contributed by atoms with E-state index in [9.17, 15) is 15.0 Å². The Hall–Kier alpha value is -1.65. The monoisotopic (exact) mass is 559 g/mol. The van der Waals surface area contributed by atoms with E-state index in [1.165, 1.54) is 89.9 Å². The van der Waals surface area contributed by atoms with E-state index in [-0.39, 0.29) is 12.5 Å². The van der Waals surface area contributed by atoms with Crippen molar-refractivity contribution < 1.29 is 15.0 Å². The lowest BCUT2D eigenvalue weighted by atomic mass is 10.1. The van der Waals surface area contributed by atoms with Gasteiger partial charge in [-0.25, -0.2) is 0 Å². The molecular weight excluding hydrogens is 494 g/mol. The van der Waals surface area contributed by atoms with Crippen molar-refractivity contribution in [1.82, 2.24) is 5.32 Å². The molecule has 0 bridgehead atoms. The Balaban J connectivity index is 3.59. The molecule has 0 aromatic heterocycles. The van der Waals surface area contributed by atoms with Crippen LogP contribution in [0, 0.1) is 0 Å². The molecule has 0 aliphatic heterocycles. The molecule has 232 valence electrons. The van der Waals surface area contributed by atoms with Crippen molar-refractivity contribution in [2.45, 2.75) is 167 Å². The maximum atomic E-state index is 12.2. The molecule has 0 rings (SSSR count). The Morgan fingerprint density at radius 2 is 1.10 bits per heavy atom. The van der Waals surface area contributed by atoms with Crippen LogP contribution in [0.2, 0.25) is 0 Å². The number of unbranched alkanes of at least 4 members (excludes halogenated alkanes) is 16. The lowest BCUT2D eigenvalue weighted by Crippen LogP contribution is -2.45. The van der Waals surface area contributed by atoms with Gasteiger partial charge in [-0.15, -0.1) is 0 Å². The molecule has 0 radical (unpaired) electrons. The van der Waals surface area contributed by atoms with Gasteiger partial charge in [0.2, 0.25) is 5.91 Å². The summed E-state index contributed by atoms with van der Waals surface area (Å²) in [5.74, 6) is -0.0862. The molecule has 0 aromatic carbocycles. The van der Waals surface area contributed by atoms with Gasteiger partial charge in [0.1, 0.15) is 0 Å². The molecule has 4 nitrogen and oxygen atoms in total. The van der Waals surface area contributed by atoms with E-state index in [1.54, 1.807) is 6.08 Å². The second kappa shape index (κ2) is 31.9. The second-order valence-corrected chi connectivity index (χ2v) is 11.2. The third-order valence-electron chi connectivity index (χ3n) is 7.27. The Morgan fingerprint density at radius 1 is 0.600 bits per heavy atom. The fourth-order valence-corrected chi connectivity index (χ4v) is 4.64. The molecule has 4 heteroatoms. The summed E-state index contributed by atoms with van der Waals surface area (Å²) in [5, 5.41) is 22.6. The average molecular weight is 560 g/mol. The zero-order valence-electron chi connectivity index (χ0n) is 26.3. The minimum absolute atomic E-state index is 0.0862. The molecule has 3 N–H and O–H groups in total. The maximum Gasteiger partial charge on any atom is 0.220 e. The smallest absolute Gasteiger partial charge is 0.220 e. The number of hydrogen-bond donors (Lipinski definition) is 3. The summed E-state index contributed by atoms with van der Waals surface area (Å²) in [6, 6.07) is -0.637. The van der Waals surface area contributed by atoms with E-state index >= 15 is 0 Å². The van der Waals surface area contributed by atoms with Gasteiger partial charge in [-0.2, -0.15) is 0 Å². The van der Waals surface area contributed by atoms with Crippen LogP contribution in [0.5, 0.6) is 0 Å². The molecule has 0 saturated carbocycles. The molecule has 0 saturated heterocycles. The summed E-state index contributed by atoms with van der Waals surface area (Å²) in [7, 11) is 0. The van der Waals surface area contributed by atoms with Crippen molar-refractivity contribution in [3.63, 3.8) is 0 Å². The third kappa shape index (κ3) is 27.9. The Bertz CT molecular complexity index is 652. The highest BCUT2D eigenvalue weighted by Crippen LogP contribution is 2.12. The molecule has 0 fully saturated rings. The largest absolute Gasteiger partial charge is 0.394 e. The van der Waals surface area contributed by atoms with Crippen LogP contribution in [0.15, 0.2) is 48.6 Å². The zero-order chi connectivity index (χ0) is 29.4. The van der Waals surface area contributed by atoms with E-state index in [0.29, 0.717) is 6.42 Å². The molecule has 0 spiro atoms. The molecular formula is C36H65NO3. The lowest BCUT2D eigenvalue weighted by molar-refractivity contribution is -0.123. The summed E-state index contributed by atoms with van der Waals surface area (Å²) in [6.45, 7) is 4.16. The molecule has 40 heavy (non-hydrogen) atoms. The second-order valence-electron chi connectivity index (χ2n) is 11.2. The van der Waals surface area contributed by atoms with Crippen molar-refractivity contribution in [2.24, 2.45) is 0 Å². The molecule has 0 aliphatic carbocycles. The number of aliphatic hydroxyl groups excluding tert-OH is 2. The lowest BCUT2D eigenvalue weighted by Gasteiger charge is -2.19. The van der Waals surface area contributed by atoms with Crippen LogP contribution in [0.1, 0.15) is 155 Å². The average Bonchev–Trinajstić information content (AvgIpc) is 2.96. The van der Waals surface area contributed by atoms with E-state index < -0.39 is 12.1 Å². The van der Waals surface area contributed by atoms with Crippen LogP contribution >= 0.6 is 0 Å². The first-order chi connectivity index (χ1) is 19.7. The van der Waals surface area contributed by atoms with Gasteiger partial charge in [0.05, 0.1) is 18.8 Å². The van der Waals surface area contributed by atoms with Gasteiger partial charge in [-0.05, 0) is 57.8 Å². The number of carbonyl (C=O) groups excluding carboxylic acids is 1.